The SMILES string of the molecule is Cc1ccnc2nc(C(=O)Nc3ccccc3C(=O)N[C@H](C)c3ccccc3)nn12. The fourth-order valence-electron chi connectivity index (χ4n) is 3.07. The Morgan fingerprint density at radius 2 is 1.70 bits per heavy atom. The highest BCUT2D eigenvalue weighted by Gasteiger charge is 2.19. The van der Waals surface area contributed by atoms with Gasteiger partial charge in [0.15, 0.2) is 0 Å². The molecule has 1 atom stereocenters. The number of hydrogen-bond acceptors (Lipinski definition) is 5. The van der Waals surface area contributed by atoms with Crippen molar-refractivity contribution in [2.45, 2.75) is 19.9 Å². The van der Waals surface area contributed by atoms with E-state index in [0.29, 0.717) is 17.0 Å². The van der Waals surface area contributed by atoms with Gasteiger partial charge in [-0.1, -0.05) is 42.5 Å². The molecule has 8 nitrogen and oxygen atoms in total. The maximum atomic E-state index is 12.8. The van der Waals surface area contributed by atoms with E-state index in [4.69, 9.17) is 0 Å². The summed E-state index contributed by atoms with van der Waals surface area (Å²) in [5.74, 6) is -0.494. The van der Waals surface area contributed by atoms with Gasteiger partial charge in [0, 0.05) is 11.9 Å². The Labute approximate surface area is 173 Å². The second-order valence-electron chi connectivity index (χ2n) is 6.84. The van der Waals surface area contributed by atoms with Gasteiger partial charge in [0.1, 0.15) is 0 Å². The van der Waals surface area contributed by atoms with Gasteiger partial charge in [0.25, 0.3) is 17.6 Å². The van der Waals surface area contributed by atoms with E-state index in [1.54, 1.807) is 36.5 Å². The molecule has 8 heteroatoms. The van der Waals surface area contributed by atoms with Gasteiger partial charge in [-0.15, -0.1) is 5.10 Å². The Bertz CT molecular complexity index is 1220. The van der Waals surface area contributed by atoms with Crippen LogP contribution in [-0.4, -0.2) is 31.4 Å². The standard InChI is InChI=1S/C22H20N6O2/c1-14-12-13-23-22-26-19(27-28(14)22)21(30)25-18-11-7-6-10-17(18)20(29)24-15(2)16-8-4-3-5-9-16/h3-13,15H,1-2H3,(H,24,29)(H,25,30)/t15-/m1/s1. The molecule has 30 heavy (non-hydrogen) atoms. The number of fused-ring (bicyclic) bond motifs is 1. The van der Waals surface area contributed by atoms with Crippen molar-refractivity contribution in [3.05, 3.63) is 89.5 Å². The molecular formula is C22H20N6O2. The first-order chi connectivity index (χ1) is 14.5. The van der Waals surface area contributed by atoms with Crippen molar-refractivity contribution in [2.24, 2.45) is 0 Å². The average molecular weight is 400 g/mol. The van der Waals surface area contributed by atoms with Crippen LogP contribution in [0.1, 0.15) is 45.2 Å². The molecule has 0 saturated heterocycles. The van der Waals surface area contributed by atoms with E-state index in [1.807, 2.05) is 44.2 Å². The summed E-state index contributed by atoms with van der Waals surface area (Å²) in [7, 11) is 0. The first kappa shape index (κ1) is 19.3. The van der Waals surface area contributed by atoms with E-state index < -0.39 is 5.91 Å². The molecule has 2 aromatic heterocycles. The average Bonchev–Trinajstić information content (AvgIpc) is 3.21. The highest BCUT2D eigenvalue weighted by molar-refractivity contribution is 6.07. The second-order valence-corrected chi connectivity index (χ2v) is 6.84. The van der Waals surface area contributed by atoms with E-state index in [-0.39, 0.29) is 17.8 Å². The molecular weight excluding hydrogens is 380 g/mol. The molecule has 0 fully saturated rings. The molecule has 0 saturated carbocycles. The molecule has 4 rings (SSSR count). The summed E-state index contributed by atoms with van der Waals surface area (Å²) < 4.78 is 1.50. The number of nitrogens with zero attached hydrogens (tertiary/aromatic N) is 4. The van der Waals surface area contributed by atoms with Crippen molar-refractivity contribution in [3.63, 3.8) is 0 Å². The third-order valence-electron chi connectivity index (χ3n) is 4.70. The maximum absolute atomic E-state index is 12.8. The first-order valence-electron chi connectivity index (χ1n) is 9.47. The third-order valence-corrected chi connectivity index (χ3v) is 4.70. The Hall–Kier alpha value is -4.07. The molecule has 0 unspecified atom stereocenters. The van der Waals surface area contributed by atoms with Crippen LogP contribution < -0.4 is 10.6 Å². The molecule has 0 radical (unpaired) electrons. The summed E-state index contributed by atoms with van der Waals surface area (Å²) in [6.07, 6.45) is 1.61. The topological polar surface area (TPSA) is 101 Å². The van der Waals surface area contributed by atoms with Gasteiger partial charge in [-0.25, -0.2) is 9.50 Å². The predicted octanol–water partition coefficient (Wildman–Crippen LogP) is 3.18. The number of para-hydroxylation sites is 1. The summed E-state index contributed by atoms with van der Waals surface area (Å²) in [6, 6.07) is 18.1. The number of anilines is 1. The van der Waals surface area contributed by atoms with Gasteiger partial charge >= 0.3 is 0 Å². The molecule has 0 aliphatic rings. The summed E-state index contributed by atoms with van der Waals surface area (Å²) in [5.41, 5.74) is 2.53. The zero-order valence-electron chi connectivity index (χ0n) is 16.5. The zero-order chi connectivity index (χ0) is 21.1. The Balaban J connectivity index is 1.54. The first-order valence-corrected chi connectivity index (χ1v) is 9.47. The molecule has 150 valence electrons. The smallest absolute Gasteiger partial charge is 0.295 e. The molecule has 0 bridgehead atoms. The van der Waals surface area contributed by atoms with Crippen molar-refractivity contribution < 1.29 is 9.59 Å². The Kier molecular flexibility index (Phi) is 5.21. The fourth-order valence-corrected chi connectivity index (χ4v) is 3.07. The highest BCUT2D eigenvalue weighted by Crippen LogP contribution is 2.18. The van der Waals surface area contributed by atoms with Crippen LogP contribution in [-0.2, 0) is 0 Å². The minimum absolute atomic E-state index is 0.0235. The summed E-state index contributed by atoms with van der Waals surface area (Å²) in [6.45, 7) is 3.75. The number of carbonyl (C=O) groups excluding carboxylic acids is 2. The number of carbonyl (C=O) groups is 2. The molecule has 2 heterocycles. The molecule has 2 N–H and O–H groups in total. The summed E-state index contributed by atoms with van der Waals surface area (Å²) >= 11 is 0. The Morgan fingerprint density at radius 3 is 2.47 bits per heavy atom. The fraction of sp³-hybridized carbons (Fsp3) is 0.136. The number of hydrogen-bond donors (Lipinski definition) is 2. The molecule has 0 aliphatic carbocycles. The lowest BCUT2D eigenvalue weighted by molar-refractivity contribution is 0.0941. The van der Waals surface area contributed by atoms with Gasteiger partial charge in [-0.2, -0.15) is 4.98 Å². The van der Waals surface area contributed by atoms with Crippen molar-refractivity contribution in [2.75, 3.05) is 5.32 Å². The molecule has 2 aromatic carbocycles. The maximum Gasteiger partial charge on any atom is 0.295 e. The monoisotopic (exact) mass is 400 g/mol. The van der Waals surface area contributed by atoms with E-state index in [1.165, 1.54) is 4.52 Å². The van der Waals surface area contributed by atoms with Crippen LogP contribution in [0.15, 0.2) is 66.9 Å². The third kappa shape index (κ3) is 3.88. The molecule has 4 aromatic rings. The van der Waals surface area contributed by atoms with Crippen molar-refractivity contribution in [1.29, 1.82) is 0 Å². The van der Waals surface area contributed by atoms with Crippen LogP contribution in [0, 0.1) is 6.92 Å². The molecule has 0 aliphatic heterocycles. The van der Waals surface area contributed by atoms with Crippen molar-refractivity contribution in [1.82, 2.24) is 24.9 Å². The minimum atomic E-state index is -0.517. The number of aryl methyl sites for hydroxylation is 1. The van der Waals surface area contributed by atoms with E-state index in [2.05, 4.69) is 25.7 Å². The zero-order valence-corrected chi connectivity index (χ0v) is 16.5. The summed E-state index contributed by atoms with van der Waals surface area (Å²) in [4.78, 5) is 33.8. The lowest BCUT2D eigenvalue weighted by atomic mass is 10.1. The van der Waals surface area contributed by atoms with Crippen LogP contribution in [0.5, 0.6) is 0 Å². The van der Waals surface area contributed by atoms with Gasteiger partial charge in [-0.05, 0) is 37.6 Å². The number of amides is 2. The number of nitrogens with one attached hydrogen (secondary N) is 2. The number of aromatic nitrogens is 4. The lowest BCUT2D eigenvalue weighted by Gasteiger charge is -2.16. The van der Waals surface area contributed by atoms with E-state index in [0.717, 1.165) is 11.3 Å². The molecule has 0 spiro atoms. The lowest BCUT2D eigenvalue weighted by Crippen LogP contribution is -2.28. The van der Waals surface area contributed by atoms with Gasteiger partial charge < -0.3 is 10.6 Å². The summed E-state index contributed by atoms with van der Waals surface area (Å²) in [5, 5.41) is 9.90. The van der Waals surface area contributed by atoms with Crippen LogP contribution in [0.4, 0.5) is 5.69 Å². The number of benzene rings is 2. The van der Waals surface area contributed by atoms with Gasteiger partial charge in [0.2, 0.25) is 5.82 Å². The Morgan fingerprint density at radius 1 is 0.967 bits per heavy atom. The largest absolute Gasteiger partial charge is 0.345 e. The quantitative estimate of drug-likeness (QED) is 0.536. The van der Waals surface area contributed by atoms with Crippen molar-refractivity contribution in [3.8, 4) is 0 Å². The van der Waals surface area contributed by atoms with Gasteiger partial charge in [0.05, 0.1) is 17.3 Å². The molecule has 2 amide bonds. The van der Waals surface area contributed by atoms with E-state index >= 15 is 0 Å². The van der Waals surface area contributed by atoms with E-state index in [9.17, 15) is 9.59 Å². The normalized spacial score (nSPS) is 11.8. The number of rotatable bonds is 5. The van der Waals surface area contributed by atoms with Gasteiger partial charge in [-0.3, -0.25) is 9.59 Å². The van der Waals surface area contributed by atoms with Crippen LogP contribution in [0.3, 0.4) is 0 Å². The van der Waals surface area contributed by atoms with Crippen LogP contribution >= 0.6 is 0 Å². The van der Waals surface area contributed by atoms with Crippen molar-refractivity contribution >= 4 is 23.3 Å². The van der Waals surface area contributed by atoms with Crippen LogP contribution in [0.2, 0.25) is 0 Å². The second kappa shape index (κ2) is 8.12. The minimum Gasteiger partial charge on any atom is -0.345 e. The predicted molar refractivity (Wildman–Crippen MR) is 112 cm³/mol. The van der Waals surface area contributed by atoms with Crippen LogP contribution in [0.25, 0.3) is 5.78 Å². The highest BCUT2D eigenvalue weighted by atomic mass is 16.2.